The van der Waals surface area contributed by atoms with Gasteiger partial charge in [-0.3, -0.25) is 0 Å². The van der Waals surface area contributed by atoms with Gasteiger partial charge in [-0.25, -0.2) is 17.2 Å². The third-order valence-corrected chi connectivity index (χ3v) is 3.68. The van der Waals surface area contributed by atoms with Crippen molar-refractivity contribution in [1.29, 1.82) is 5.26 Å². The van der Waals surface area contributed by atoms with Crippen LogP contribution < -0.4 is 0 Å². The van der Waals surface area contributed by atoms with Crippen LogP contribution in [0.1, 0.15) is 5.56 Å². The van der Waals surface area contributed by atoms with Crippen LogP contribution in [-0.4, -0.2) is 20.6 Å². The van der Waals surface area contributed by atoms with Crippen molar-refractivity contribution in [1.82, 2.24) is 0 Å². The zero-order valence-corrected chi connectivity index (χ0v) is 9.05. The van der Waals surface area contributed by atoms with E-state index in [0.717, 1.165) is 0 Å². The fourth-order valence-electron chi connectivity index (χ4n) is 1.29. The highest BCUT2D eigenvalue weighted by Crippen LogP contribution is 2.19. The maximum absolute atomic E-state index is 12.1. The van der Waals surface area contributed by atoms with Crippen molar-refractivity contribution in [2.24, 2.45) is 0 Å². The Morgan fingerprint density at radius 1 is 1.31 bits per heavy atom. The van der Waals surface area contributed by atoms with Crippen molar-refractivity contribution in [2.45, 2.75) is 17.7 Å². The molecule has 1 aromatic rings. The number of benzene rings is 1. The summed E-state index contributed by atoms with van der Waals surface area (Å²) < 4.78 is 47.3. The lowest BCUT2D eigenvalue weighted by molar-refractivity contribution is 0.174. The number of nitrogens with zero attached hydrogens (tertiary/aromatic N) is 1. The molecule has 86 valence electrons. The zero-order valence-electron chi connectivity index (χ0n) is 8.23. The van der Waals surface area contributed by atoms with Crippen molar-refractivity contribution in [3.8, 4) is 6.07 Å². The van der Waals surface area contributed by atoms with Gasteiger partial charge in [0, 0.05) is 0 Å². The predicted molar refractivity (Wildman–Crippen MR) is 53.8 cm³/mol. The number of hydrogen-bond acceptors (Lipinski definition) is 3. The molecule has 0 aliphatic heterocycles. The van der Waals surface area contributed by atoms with Crippen LogP contribution in [0.15, 0.2) is 29.2 Å². The molecule has 0 aliphatic carbocycles. The first-order valence-electron chi connectivity index (χ1n) is 4.43. The highest BCUT2D eigenvalue weighted by molar-refractivity contribution is 7.91. The molecular formula is C10H9F2NO2S. The summed E-state index contributed by atoms with van der Waals surface area (Å²) in [7, 11) is -4.01. The predicted octanol–water partition coefficient (Wildman–Crippen LogP) is 1.79. The third-order valence-electron chi connectivity index (χ3n) is 1.92. The fraction of sp³-hybridized carbons (Fsp3) is 0.300. The third kappa shape index (κ3) is 3.00. The highest BCUT2D eigenvalue weighted by Gasteiger charge is 2.22. The maximum Gasteiger partial charge on any atom is 0.252 e. The summed E-state index contributed by atoms with van der Waals surface area (Å²) in [5.41, 5.74) is 0.255. The first kappa shape index (κ1) is 12.6. The van der Waals surface area contributed by atoms with E-state index in [9.17, 15) is 17.2 Å². The van der Waals surface area contributed by atoms with Gasteiger partial charge >= 0.3 is 0 Å². The van der Waals surface area contributed by atoms with Crippen LogP contribution in [0.3, 0.4) is 0 Å². The summed E-state index contributed by atoms with van der Waals surface area (Å²) >= 11 is 0. The summed E-state index contributed by atoms with van der Waals surface area (Å²) in [5.74, 6) is -1.21. The van der Waals surface area contributed by atoms with Crippen LogP contribution in [0.5, 0.6) is 0 Å². The minimum absolute atomic E-state index is 0.112. The zero-order chi connectivity index (χ0) is 12.2. The molecule has 0 amide bonds. The lowest BCUT2D eigenvalue weighted by Gasteiger charge is -2.07. The summed E-state index contributed by atoms with van der Waals surface area (Å²) in [6.45, 7) is 0. The van der Waals surface area contributed by atoms with E-state index >= 15 is 0 Å². The van der Waals surface area contributed by atoms with E-state index in [1.807, 2.05) is 0 Å². The second-order valence-electron chi connectivity index (χ2n) is 3.12. The number of hydrogen-bond donors (Lipinski definition) is 0. The topological polar surface area (TPSA) is 57.9 Å². The van der Waals surface area contributed by atoms with E-state index in [1.54, 1.807) is 12.1 Å². The second kappa shape index (κ2) is 5.03. The molecule has 0 bridgehead atoms. The Bertz CT molecular complexity index is 506. The molecule has 0 heterocycles. The SMILES string of the molecule is N#CCc1ccccc1S(=O)(=O)CC(F)F. The van der Waals surface area contributed by atoms with Gasteiger partial charge in [-0.2, -0.15) is 5.26 Å². The van der Waals surface area contributed by atoms with Gasteiger partial charge in [0.05, 0.1) is 17.4 Å². The summed E-state index contributed by atoms with van der Waals surface area (Å²) in [6, 6.07) is 7.49. The van der Waals surface area contributed by atoms with E-state index in [1.165, 1.54) is 18.2 Å². The van der Waals surface area contributed by atoms with Crippen LogP contribution in [-0.2, 0) is 16.3 Å². The van der Waals surface area contributed by atoms with Crippen molar-refractivity contribution >= 4 is 9.84 Å². The molecule has 1 rings (SSSR count). The molecule has 6 heteroatoms. The molecule has 0 radical (unpaired) electrons. The van der Waals surface area contributed by atoms with Crippen molar-refractivity contribution in [2.75, 3.05) is 5.75 Å². The van der Waals surface area contributed by atoms with E-state index in [4.69, 9.17) is 5.26 Å². The van der Waals surface area contributed by atoms with Crippen molar-refractivity contribution < 1.29 is 17.2 Å². The number of rotatable bonds is 4. The van der Waals surface area contributed by atoms with E-state index in [0.29, 0.717) is 0 Å². The van der Waals surface area contributed by atoms with E-state index in [-0.39, 0.29) is 16.9 Å². The Labute approximate surface area is 92.2 Å². The van der Waals surface area contributed by atoms with E-state index < -0.39 is 22.0 Å². The molecule has 0 unspecified atom stereocenters. The second-order valence-corrected chi connectivity index (χ2v) is 5.12. The van der Waals surface area contributed by atoms with Gasteiger partial charge in [0.15, 0.2) is 9.84 Å². The Kier molecular flexibility index (Phi) is 3.96. The lowest BCUT2D eigenvalue weighted by Crippen LogP contribution is -2.15. The Morgan fingerprint density at radius 3 is 2.50 bits per heavy atom. The van der Waals surface area contributed by atoms with Gasteiger partial charge in [-0.1, -0.05) is 18.2 Å². The van der Waals surface area contributed by atoms with Crippen LogP contribution >= 0.6 is 0 Å². The molecule has 16 heavy (non-hydrogen) atoms. The van der Waals surface area contributed by atoms with Gasteiger partial charge in [0.1, 0.15) is 5.75 Å². The quantitative estimate of drug-likeness (QED) is 0.812. The average molecular weight is 245 g/mol. The molecule has 0 aromatic heterocycles. The molecule has 0 saturated heterocycles. The van der Waals surface area contributed by atoms with Crippen molar-refractivity contribution in [3.63, 3.8) is 0 Å². The van der Waals surface area contributed by atoms with Crippen LogP contribution in [0.4, 0.5) is 8.78 Å². The summed E-state index contributed by atoms with van der Waals surface area (Å²) in [5, 5.41) is 8.50. The molecule has 0 aliphatic rings. The summed E-state index contributed by atoms with van der Waals surface area (Å²) in [4.78, 5) is -0.183. The summed E-state index contributed by atoms with van der Waals surface area (Å²) in [6.07, 6.45) is -3.03. The minimum Gasteiger partial charge on any atom is -0.223 e. The first-order chi connectivity index (χ1) is 7.47. The normalized spacial score (nSPS) is 11.4. The molecule has 0 fully saturated rings. The molecule has 0 saturated carbocycles. The monoisotopic (exact) mass is 245 g/mol. The minimum atomic E-state index is -4.01. The Hall–Kier alpha value is -1.48. The van der Waals surface area contributed by atoms with Crippen LogP contribution in [0.25, 0.3) is 0 Å². The molecule has 3 nitrogen and oxygen atoms in total. The smallest absolute Gasteiger partial charge is 0.223 e. The van der Waals surface area contributed by atoms with Gasteiger partial charge in [-0.15, -0.1) is 0 Å². The molecule has 1 aromatic carbocycles. The Balaban J connectivity index is 3.18. The van der Waals surface area contributed by atoms with Crippen LogP contribution in [0, 0.1) is 11.3 Å². The standard InChI is InChI=1S/C10H9F2NO2S/c11-10(12)7-16(14,15)9-4-2-1-3-8(9)5-6-13/h1-4,10H,5,7H2. The molecule has 0 spiro atoms. The maximum atomic E-state index is 12.1. The number of alkyl halides is 2. The molecule has 0 atom stereocenters. The lowest BCUT2D eigenvalue weighted by atomic mass is 10.2. The largest absolute Gasteiger partial charge is 0.252 e. The van der Waals surface area contributed by atoms with Gasteiger partial charge < -0.3 is 0 Å². The Morgan fingerprint density at radius 2 is 1.94 bits per heavy atom. The number of nitriles is 1. The number of sulfone groups is 1. The first-order valence-corrected chi connectivity index (χ1v) is 6.08. The van der Waals surface area contributed by atoms with Crippen molar-refractivity contribution in [3.05, 3.63) is 29.8 Å². The highest BCUT2D eigenvalue weighted by atomic mass is 32.2. The molecular weight excluding hydrogens is 236 g/mol. The van der Waals surface area contributed by atoms with Crippen LogP contribution in [0.2, 0.25) is 0 Å². The van der Waals surface area contributed by atoms with Gasteiger partial charge in [0.2, 0.25) is 0 Å². The van der Waals surface area contributed by atoms with E-state index in [2.05, 4.69) is 0 Å². The van der Waals surface area contributed by atoms with Gasteiger partial charge in [-0.05, 0) is 11.6 Å². The average Bonchev–Trinajstić information content (AvgIpc) is 2.17. The number of halogens is 2. The van der Waals surface area contributed by atoms with Gasteiger partial charge in [0.25, 0.3) is 6.43 Å². The molecule has 0 N–H and O–H groups in total. The fourth-order valence-corrected chi connectivity index (χ4v) is 2.63.